The Morgan fingerprint density at radius 2 is 2.12 bits per heavy atom. The van der Waals surface area contributed by atoms with Crippen LogP contribution < -0.4 is 10.5 Å². The molecule has 0 aliphatic carbocycles. The summed E-state index contributed by atoms with van der Waals surface area (Å²) >= 11 is 9.37. The Bertz CT molecular complexity index is 516. The lowest BCUT2D eigenvalue weighted by molar-refractivity contribution is 0.462. The van der Waals surface area contributed by atoms with Crippen LogP contribution in [0.3, 0.4) is 0 Å². The zero-order valence-corrected chi connectivity index (χ0v) is 11.2. The van der Waals surface area contributed by atoms with E-state index in [1.165, 1.54) is 0 Å². The second kappa shape index (κ2) is 5.49. The van der Waals surface area contributed by atoms with Gasteiger partial charge in [0.2, 0.25) is 5.88 Å². The zero-order valence-electron chi connectivity index (χ0n) is 8.86. The van der Waals surface area contributed by atoms with Crippen LogP contribution in [0.15, 0.2) is 41.0 Å². The molecule has 0 aliphatic rings. The molecule has 0 amide bonds. The molecule has 1 heterocycles. The third-order valence-corrected chi connectivity index (χ3v) is 2.95. The van der Waals surface area contributed by atoms with Crippen molar-refractivity contribution in [3.63, 3.8) is 0 Å². The van der Waals surface area contributed by atoms with Gasteiger partial charge in [-0.15, -0.1) is 0 Å². The van der Waals surface area contributed by atoms with E-state index in [1.807, 2.05) is 12.1 Å². The summed E-state index contributed by atoms with van der Waals surface area (Å²) in [5, 5.41) is 0.540. The molecule has 0 saturated carbocycles. The summed E-state index contributed by atoms with van der Waals surface area (Å²) in [6.45, 7) is 0.463. The molecular formula is C12H10BrClN2O. The quantitative estimate of drug-likeness (QED) is 0.939. The lowest BCUT2D eigenvalue weighted by Crippen LogP contribution is -1.97. The summed E-state index contributed by atoms with van der Waals surface area (Å²) in [5.41, 5.74) is 6.44. The molecule has 0 spiro atoms. The summed E-state index contributed by atoms with van der Waals surface area (Å²) in [6.07, 6.45) is 1.68. The zero-order chi connectivity index (χ0) is 12.3. The topological polar surface area (TPSA) is 48.1 Å². The van der Waals surface area contributed by atoms with E-state index in [0.717, 1.165) is 10.0 Å². The number of hydrogen-bond acceptors (Lipinski definition) is 3. The molecule has 88 valence electrons. The first-order valence-electron chi connectivity index (χ1n) is 4.97. The van der Waals surface area contributed by atoms with Gasteiger partial charge < -0.3 is 10.5 Å². The Morgan fingerprint density at radius 1 is 1.29 bits per heavy atom. The summed E-state index contributed by atoms with van der Waals surface area (Å²) in [6, 6.07) is 9.03. The lowest BCUT2D eigenvalue weighted by atomic mass is 10.3. The number of aromatic nitrogens is 1. The molecule has 2 N–H and O–H groups in total. The molecular weight excluding hydrogens is 304 g/mol. The van der Waals surface area contributed by atoms with Gasteiger partial charge in [0.05, 0.1) is 5.02 Å². The molecule has 0 atom stereocenters. The Hall–Kier alpha value is -1.10. The molecule has 17 heavy (non-hydrogen) atoms. The standard InChI is InChI=1S/C12H10BrClN2O/c13-9-2-3-10(14)11(5-9)17-12-4-1-8(6-15)7-16-12/h1-5,7H,6,15H2. The highest BCUT2D eigenvalue weighted by Crippen LogP contribution is 2.31. The molecule has 0 aliphatic heterocycles. The van der Waals surface area contributed by atoms with E-state index in [0.29, 0.717) is 23.2 Å². The number of hydrogen-bond donors (Lipinski definition) is 1. The highest BCUT2D eigenvalue weighted by Gasteiger charge is 2.04. The molecule has 1 aromatic carbocycles. The van der Waals surface area contributed by atoms with Crippen molar-refractivity contribution >= 4 is 27.5 Å². The number of ether oxygens (including phenoxy) is 1. The first-order valence-corrected chi connectivity index (χ1v) is 6.14. The normalized spacial score (nSPS) is 10.3. The van der Waals surface area contributed by atoms with Crippen molar-refractivity contribution in [2.24, 2.45) is 5.73 Å². The maximum absolute atomic E-state index is 6.01. The Morgan fingerprint density at radius 3 is 2.76 bits per heavy atom. The summed E-state index contributed by atoms with van der Waals surface area (Å²) < 4.78 is 6.47. The van der Waals surface area contributed by atoms with Crippen molar-refractivity contribution < 1.29 is 4.74 Å². The van der Waals surface area contributed by atoms with E-state index >= 15 is 0 Å². The van der Waals surface area contributed by atoms with Crippen molar-refractivity contribution in [3.8, 4) is 11.6 Å². The van der Waals surface area contributed by atoms with E-state index in [2.05, 4.69) is 20.9 Å². The van der Waals surface area contributed by atoms with Crippen LogP contribution in [0.25, 0.3) is 0 Å². The van der Waals surface area contributed by atoms with Crippen LogP contribution >= 0.6 is 27.5 Å². The second-order valence-corrected chi connectivity index (χ2v) is 4.71. The Kier molecular flexibility index (Phi) is 3.99. The largest absolute Gasteiger partial charge is 0.437 e. The summed E-state index contributed by atoms with van der Waals surface area (Å²) in [5.74, 6) is 1.05. The van der Waals surface area contributed by atoms with Gasteiger partial charge in [-0.3, -0.25) is 0 Å². The Balaban J connectivity index is 2.22. The monoisotopic (exact) mass is 312 g/mol. The van der Waals surface area contributed by atoms with Crippen LogP contribution in [0.5, 0.6) is 11.6 Å². The Labute approximate surface area is 113 Å². The van der Waals surface area contributed by atoms with Gasteiger partial charge in [-0.2, -0.15) is 0 Å². The molecule has 0 bridgehead atoms. The van der Waals surface area contributed by atoms with E-state index in [9.17, 15) is 0 Å². The number of pyridine rings is 1. The predicted molar refractivity (Wildman–Crippen MR) is 71.4 cm³/mol. The molecule has 3 nitrogen and oxygen atoms in total. The van der Waals surface area contributed by atoms with Crippen LogP contribution in [-0.2, 0) is 6.54 Å². The van der Waals surface area contributed by atoms with Crippen molar-refractivity contribution in [2.45, 2.75) is 6.54 Å². The summed E-state index contributed by atoms with van der Waals surface area (Å²) in [4.78, 5) is 4.14. The number of nitrogens with zero attached hydrogens (tertiary/aromatic N) is 1. The van der Waals surface area contributed by atoms with Crippen LogP contribution in [0.1, 0.15) is 5.56 Å². The van der Waals surface area contributed by atoms with Crippen LogP contribution in [0, 0.1) is 0 Å². The number of rotatable bonds is 3. The highest BCUT2D eigenvalue weighted by atomic mass is 79.9. The van der Waals surface area contributed by atoms with Crippen LogP contribution in [0.4, 0.5) is 0 Å². The minimum absolute atomic E-state index is 0.463. The fourth-order valence-corrected chi connectivity index (χ4v) is 1.76. The van der Waals surface area contributed by atoms with Crippen molar-refractivity contribution in [1.29, 1.82) is 0 Å². The summed E-state index contributed by atoms with van der Waals surface area (Å²) in [7, 11) is 0. The molecule has 1 aromatic heterocycles. The van der Waals surface area contributed by atoms with Gasteiger partial charge in [-0.05, 0) is 23.8 Å². The highest BCUT2D eigenvalue weighted by molar-refractivity contribution is 9.10. The molecule has 5 heteroatoms. The van der Waals surface area contributed by atoms with Gasteiger partial charge in [0.1, 0.15) is 5.75 Å². The third-order valence-electron chi connectivity index (χ3n) is 2.14. The second-order valence-electron chi connectivity index (χ2n) is 3.39. The third kappa shape index (κ3) is 3.19. The molecule has 2 rings (SSSR count). The van der Waals surface area contributed by atoms with Gasteiger partial charge >= 0.3 is 0 Å². The first-order chi connectivity index (χ1) is 8.19. The minimum Gasteiger partial charge on any atom is -0.437 e. The van der Waals surface area contributed by atoms with Crippen LogP contribution in [-0.4, -0.2) is 4.98 Å². The smallest absolute Gasteiger partial charge is 0.219 e. The lowest BCUT2D eigenvalue weighted by Gasteiger charge is -2.07. The van der Waals surface area contributed by atoms with Crippen molar-refractivity contribution in [2.75, 3.05) is 0 Å². The average molecular weight is 314 g/mol. The van der Waals surface area contributed by atoms with Gasteiger partial charge in [0.25, 0.3) is 0 Å². The van der Waals surface area contributed by atoms with E-state index in [1.54, 1.807) is 24.4 Å². The fraction of sp³-hybridized carbons (Fsp3) is 0.0833. The first kappa shape index (κ1) is 12.4. The maximum atomic E-state index is 6.01. The number of nitrogens with two attached hydrogens (primary N) is 1. The average Bonchev–Trinajstić information content (AvgIpc) is 2.35. The van der Waals surface area contributed by atoms with Gasteiger partial charge in [0, 0.05) is 23.3 Å². The fourth-order valence-electron chi connectivity index (χ4n) is 1.26. The van der Waals surface area contributed by atoms with E-state index < -0.39 is 0 Å². The SMILES string of the molecule is NCc1ccc(Oc2cc(Br)ccc2Cl)nc1. The molecule has 2 aromatic rings. The van der Waals surface area contributed by atoms with Crippen molar-refractivity contribution in [1.82, 2.24) is 4.98 Å². The maximum Gasteiger partial charge on any atom is 0.219 e. The molecule has 0 fully saturated rings. The van der Waals surface area contributed by atoms with Crippen molar-refractivity contribution in [3.05, 3.63) is 51.6 Å². The van der Waals surface area contributed by atoms with Gasteiger partial charge in [-0.25, -0.2) is 4.98 Å². The van der Waals surface area contributed by atoms with Crippen LogP contribution in [0.2, 0.25) is 5.02 Å². The van der Waals surface area contributed by atoms with Gasteiger partial charge in [-0.1, -0.05) is 33.6 Å². The van der Waals surface area contributed by atoms with E-state index in [4.69, 9.17) is 22.1 Å². The number of benzene rings is 1. The minimum atomic E-state index is 0.463. The molecule has 0 unspecified atom stereocenters. The number of halogens is 2. The molecule has 0 radical (unpaired) electrons. The molecule has 0 saturated heterocycles. The predicted octanol–water partition coefficient (Wildman–Crippen LogP) is 3.75. The van der Waals surface area contributed by atoms with Gasteiger partial charge in [0.15, 0.2) is 0 Å². The van der Waals surface area contributed by atoms with E-state index in [-0.39, 0.29) is 0 Å².